The van der Waals surface area contributed by atoms with Crippen LogP contribution in [0.4, 0.5) is 0 Å². The second-order valence-corrected chi connectivity index (χ2v) is 5.39. The van der Waals surface area contributed by atoms with Crippen LogP contribution < -0.4 is 0 Å². The average molecular weight is 320 g/mol. The standard InChI is InChI=1S/C14H24O8/c1-8(2)20-12(16)10-9(11(15)17-5)21-13(3,18-6)14(4,19-7)22-10/h8-10H,1-7H3/t9-,10+,13-,14-/m1/s1. The van der Waals surface area contributed by atoms with Gasteiger partial charge in [-0.2, -0.15) is 0 Å². The maximum Gasteiger partial charge on any atom is 0.339 e. The van der Waals surface area contributed by atoms with Gasteiger partial charge in [-0.05, 0) is 27.7 Å². The first-order valence-corrected chi connectivity index (χ1v) is 6.88. The number of hydrogen-bond acceptors (Lipinski definition) is 8. The van der Waals surface area contributed by atoms with Crippen molar-refractivity contribution in [3.63, 3.8) is 0 Å². The third kappa shape index (κ3) is 3.40. The van der Waals surface area contributed by atoms with Gasteiger partial charge in [0.05, 0.1) is 13.2 Å². The molecule has 0 aromatic rings. The molecule has 0 aliphatic carbocycles. The Bertz CT molecular complexity index is 423. The second kappa shape index (κ2) is 6.91. The van der Waals surface area contributed by atoms with Gasteiger partial charge in [0.1, 0.15) is 0 Å². The van der Waals surface area contributed by atoms with Crippen LogP contribution in [0.15, 0.2) is 0 Å². The fraction of sp³-hybridized carbons (Fsp3) is 0.857. The summed E-state index contributed by atoms with van der Waals surface area (Å²) >= 11 is 0. The predicted molar refractivity (Wildman–Crippen MR) is 73.8 cm³/mol. The lowest BCUT2D eigenvalue weighted by Crippen LogP contribution is -2.68. The molecule has 1 heterocycles. The van der Waals surface area contributed by atoms with Gasteiger partial charge in [-0.25, -0.2) is 9.59 Å². The fourth-order valence-corrected chi connectivity index (χ4v) is 2.05. The van der Waals surface area contributed by atoms with Gasteiger partial charge in [0.15, 0.2) is 12.2 Å². The molecule has 4 atom stereocenters. The van der Waals surface area contributed by atoms with E-state index >= 15 is 0 Å². The van der Waals surface area contributed by atoms with E-state index in [4.69, 9.17) is 23.7 Å². The Hall–Kier alpha value is -1.22. The quantitative estimate of drug-likeness (QED) is 0.681. The molecule has 0 saturated carbocycles. The zero-order valence-corrected chi connectivity index (χ0v) is 14.0. The van der Waals surface area contributed by atoms with Crippen molar-refractivity contribution >= 4 is 11.9 Å². The Morgan fingerprint density at radius 2 is 1.32 bits per heavy atom. The summed E-state index contributed by atoms with van der Waals surface area (Å²) < 4.78 is 31.7. The molecule has 1 saturated heterocycles. The Kier molecular flexibility index (Phi) is 5.91. The number of hydrogen-bond donors (Lipinski definition) is 0. The van der Waals surface area contributed by atoms with Crippen LogP contribution in [0.5, 0.6) is 0 Å². The van der Waals surface area contributed by atoms with Crippen LogP contribution in [0, 0.1) is 0 Å². The van der Waals surface area contributed by atoms with Crippen LogP contribution in [0.3, 0.4) is 0 Å². The SMILES string of the molecule is COC(=O)[C@@H]1O[C@@](C)(OC)[C@](C)(OC)O[C@@H]1C(=O)OC(C)C. The number of ether oxygens (including phenoxy) is 6. The largest absolute Gasteiger partial charge is 0.467 e. The molecule has 8 heteroatoms. The molecule has 1 rings (SSSR count). The van der Waals surface area contributed by atoms with E-state index in [-0.39, 0.29) is 6.10 Å². The van der Waals surface area contributed by atoms with E-state index in [1.165, 1.54) is 28.3 Å². The van der Waals surface area contributed by atoms with Crippen LogP contribution in [-0.4, -0.2) is 63.2 Å². The predicted octanol–water partition coefficient (Wildman–Crippen LogP) is 0.620. The maximum absolute atomic E-state index is 12.2. The molecule has 1 fully saturated rings. The molecule has 0 aromatic heterocycles. The molecule has 0 amide bonds. The van der Waals surface area contributed by atoms with Crippen LogP contribution >= 0.6 is 0 Å². The van der Waals surface area contributed by atoms with Gasteiger partial charge in [0.25, 0.3) is 0 Å². The minimum Gasteiger partial charge on any atom is -0.467 e. The summed E-state index contributed by atoms with van der Waals surface area (Å²) in [5, 5.41) is 0. The molecule has 0 radical (unpaired) electrons. The van der Waals surface area contributed by atoms with E-state index in [2.05, 4.69) is 4.74 Å². The van der Waals surface area contributed by atoms with Crippen LogP contribution in [0.1, 0.15) is 27.7 Å². The zero-order chi connectivity index (χ0) is 17.1. The number of methoxy groups -OCH3 is 3. The molecule has 0 bridgehead atoms. The summed E-state index contributed by atoms with van der Waals surface area (Å²) in [6, 6.07) is 0. The lowest BCUT2D eigenvalue weighted by Gasteiger charge is -2.50. The number of carbonyl (C=O) groups excluding carboxylic acids is 2. The van der Waals surface area contributed by atoms with Gasteiger partial charge < -0.3 is 28.4 Å². The molecule has 0 aromatic carbocycles. The lowest BCUT2D eigenvalue weighted by molar-refractivity contribution is -0.439. The van der Waals surface area contributed by atoms with Crippen molar-refractivity contribution < 1.29 is 38.0 Å². The van der Waals surface area contributed by atoms with E-state index in [9.17, 15) is 9.59 Å². The highest BCUT2D eigenvalue weighted by Gasteiger charge is 2.60. The van der Waals surface area contributed by atoms with E-state index in [1.54, 1.807) is 20.8 Å². The molecule has 128 valence electrons. The van der Waals surface area contributed by atoms with Gasteiger partial charge in [-0.15, -0.1) is 0 Å². The zero-order valence-electron chi connectivity index (χ0n) is 14.0. The van der Waals surface area contributed by atoms with E-state index in [1.807, 2.05) is 0 Å². The van der Waals surface area contributed by atoms with Crippen LogP contribution in [-0.2, 0) is 38.0 Å². The van der Waals surface area contributed by atoms with Crippen molar-refractivity contribution in [2.45, 2.75) is 57.6 Å². The molecule has 0 N–H and O–H groups in total. The highest BCUT2D eigenvalue weighted by atomic mass is 16.8. The summed E-state index contributed by atoms with van der Waals surface area (Å²) in [5.41, 5.74) is 0. The fourth-order valence-electron chi connectivity index (χ4n) is 2.05. The number of carbonyl (C=O) groups is 2. The minimum atomic E-state index is -1.42. The van der Waals surface area contributed by atoms with Gasteiger partial charge in [0, 0.05) is 14.2 Å². The summed E-state index contributed by atoms with van der Waals surface area (Å²) in [5.74, 6) is -4.36. The molecule has 8 nitrogen and oxygen atoms in total. The second-order valence-electron chi connectivity index (χ2n) is 5.39. The smallest absolute Gasteiger partial charge is 0.339 e. The molecule has 22 heavy (non-hydrogen) atoms. The normalized spacial score (nSPS) is 35.3. The van der Waals surface area contributed by atoms with Crippen molar-refractivity contribution in [2.75, 3.05) is 21.3 Å². The van der Waals surface area contributed by atoms with Crippen molar-refractivity contribution in [3.05, 3.63) is 0 Å². The lowest BCUT2D eigenvalue weighted by atomic mass is 10.0. The van der Waals surface area contributed by atoms with Crippen LogP contribution in [0.2, 0.25) is 0 Å². The third-order valence-electron chi connectivity index (χ3n) is 3.60. The Balaban J connectivity index is 3.17. The summed E-state index contributed by atoms with van der Waals surface area (Å²) in [7, 11) is 3.94. The first kappa shape index (κ1) is 18.8. The Morgan fingerprint density at radius 1 is 0.909 bits per heavy atom. The minimum absolute atomic E-state index is 0.376. The molecule has 1 aliphatic heterocycles. The van der Waals surface area contributed by atoms with Gasteiger partial charge >= 0.3 is 11.9 Å². The molecular weight excluding hydrogens is 296 g/mol. The number of esters is 2. The highest BCUT2D eigenvalue weighted by molar-refractivity contribution is 5.86. The van der Waals surface area contributed by atoms with Gasteiger partial charge in [-0.3, -0.25) is 0 Å². The van der Waals surface area contributed by atoms with Gasteiger partial charge in [-0.1, -0.05) is 0 Å². The van der Waals surface area contributed by atoms with Crippen molar-refractivity contribution in [1.29, 1.82) is 0 Å². The van der Waals surface area contributed by atoms with E-state index < -0.39 is 35.7 Å². The van der Waals surface area contributed by atoms with Crippen molar-refractivity contribution in [1.82, 2.24) is 0 Å². The monoisotopic (exact) mass is 320 g/mol. The van der Waals surface area contributed by atoms with Crippen molar-refractivity contribution in [3.8, 4) is 0 Å². The van der Waals surface area contributed by atoms with Crippen LogP contribution in [0.25, 0.3) is 0 Å². The number of rotatable bonds is 5. The van der Waals surface area contributed by atoms with Crippen molar-refractivity contribution in [2.24, 2.45) is 0 Å². The maximum atomic E-state index is 12.2. The molecule has 0 spiro atoms. The van der Waals surface area contributed by atoms with E-state index in [0.717, 1.165) is 0 Å². The molecule has 0 unspecified atom stereocenters. The summed E-state index contributed by atoms with van der Waals surface area (Å²) in [6.07, 6.45) is -3.04. The third-order valence-corrected chi connectivity index (χ3v) is 3.60. The first-order chi connectivity index (χ1) is 10.1. The molecule has 1 aliphatic rings. The average Bonchev–Trinajstić information content (AvgIpc) is 2.47. The summed E-state index contributed by atoms with van der Waals surface area (Å²) in [6.45, 7) is 6.45. The Morgan fingerprint density at radius 3 is 1.64 bits per heavy atom. The summed E-state index contributed by atoms with van der Waals surface area (Å²) in [4.78, 5) is 24.2. The van der Waals surface area contributed by atoms with Gasteiger partial charge in [0.2, 0.25) is 11.6 Å². The topological polar surface area (TPSA) is 89.5 Å². The Labute approximate surface area is 129 Å². The highest BCUT2D eigenvalue weighted by Crippen LogP contribution is 2.39. The first-order valence-electron chi connectivity index (χ1n) is 6.88. The molecular formula is C14H24O8. The van der Waals surface area contributed by atoms with E-state index in [0.29, 0.717) is 0 Å².